The number of hydrogen-bond donors (Lipinski definition) is 1. The van der Waals surface area contributed by atoms with Crippen LogP contribution in [0.15, 0.2) is 36.4 Å². The summed E-state index contributed by atoms with van der Waals surface area (Å²) in [5.41, 5.74) is 1.08. The highest BCUT2D eigenvalue weighted by Crippen LogP contribution is 2.34. The summed E-state index contributed by atoms with van der Waals surface area (Å²) in [4.78, 5) is 22.6. The lowest BCUT2D eigenvalue weighted by Crippen LogP contribution is -2.23. The largest absolute Gasteiger partial charge is 0.573 e. The average Bonchev–Trinajstić information content (AvgIpc) is 2.92. The first kappa shape index (κ1) is 21.2. The van der Waals surface area contributed by atoms with Crippen LogP contribution >= 0.6 is 0 Å². The molecule has 0 aliphatic carbocycles. The number of benzene rings is 2. The van der Waals surface area contributed by atoms with Crippen LogP contribution in [-0.4, -0.2) is 34.4 Å². The van der Waals surface area contributed by atoms with E-state index in [2.05, 4.69) is 4.74 Å². The number of carboxylic acids is 1. The van der Waals surface area contributed by atoms with Crippen LogP contribution in [0.2, 0.25) is 0 Å². The monoisotopic (exact) mass is 425 g/mol. The predicted molar refractivity (Wildman–Crippen MR) is 97.8 cm³/mol. The SMILES string of the molecule is Cc1c(C=O)c2ccc(OC(F)(F)F)cc2n1-c1ccc(F)c(O[C@@H](C)C(=O)O)c1. The number of aliphatic carboxylic acids is 1. The van der Waals surface area contributed by atoms with Crippen LogP contribution in [0.5, 0.6) is 11.5 Å². The van der Waals surface area contributed by atoms with E-state index < -0.39 is 30.0 Å². The third kappa shape index (κ3) is 4.07. The van der Waals surface area contributed by atoms with Crippen molar-refractivity contribution in [3.8, 4) is 17.2 Å². The van der Waals surface area contributed by atoms with Crippen molar-refractivity contribution in [2.24, 2.45) is 0 Å². The lowest BCUT2D eigenvalue weighted by atomic mass is 10.1. The van der Waals surface area contributed by atoms with Gasteiger partial charge in [0.2, 0.25) is 0 Å². The van der Waals surface area contributed by atoms with E-state index in [0.717, 1.165) is 18.2 Å². The number of aldehydes is 1. The van der Waals surface area contributed by atoms with Crippen LogP contribution in [0.1, 0.15) is 23.0 Å². The van der Waals surface area contributed by atoms with Gasteiger partial charge < -0.3 is 19.1 Å². The Morgan fingerprint density at radius 1 is 1.20 bits per heavy atom. The molecule has 0 spiro atoms. The zero-order chi connectivity index (χ0) is 22.2. The fourth-order valence-corrected chi connectivity index (χ4v) is 3.06. The van der Waals surface area contributed by atoms with Crippen LogP contribution in [0.4, 0.5) is 17.6 Å². The van der Waals surface area contributed by atoms with E-state index in [9.17, 15) is 27.2 Å². The van der Waals surface area contributed by atoms with Crippen LogP contribution < -0.4 is 9.47 Å². The van der Waals surface area contributed by atoms with Crippen LogP contribution in [0, 0.1) is 12.7 Å². The van der Waals surface area contributed by atoms with Gasteiger partial charge in [-0.2, -0.15) is 0 Å². The molecule has 0 saturated carbocycles. The number of hydrogen-bond acceptors (Lipinski definition) is 4. The molecular weight excluding hydrogens is 410 g/mol. The third-order valence-electron chi connectivity index (χ3n) is 4.40. The van der Waals surface area contributed by atoms with Crippen molar-refractivity contribution in [2.75, 3.05) is 0 Å². The second-order valence-electron chi connectivity index (χ2n) is 6.39. The minimum absolute atomic E-state index is 0.209. The molecule has 3 rings (SSSR count). The molecule has 6 nitrogen and oxygen atoms in total. The summed E-state index contributed by atoms with van der Waals surface area (Å²) < 4.78 is 62.4. The van der Waals surface area contributed by atoms with Crippen molar-refractivity contribution < 1.29 is 41.7 Å². The van der Waals surface area contributed by atoms with Crippen molar-refractivity contribution in [1.29, 1.82) is 0 Å². The number of carbonyl (C=O) groups excluding carboxylic acids is 1. The molecule has 0 aliphatic rings. The van der Waals surface area contributed by atoms with E-state index in [1.807, 2.05) is 0 Å². The Balaban J connectivity index is 2.19. The average molecular weight is 425 g/mol. The lowest BCUT2D eigenvalue weighted by molar-refractivity contribution is -0.274. The highest BCUT2D eigenvalue weighted by atomic mass is 19.4. The minimum atomic E-state index is -4.91. The fourth-order valence-electron chi connectivity index (χ4n) is 3.06. The van der Waals surface area contributed by atoms with E-state index in [0.29, 0.717) is 17.4 Å². The lowest BCUT2D eigenvalue weighted by Gasteiger charge is -2.15. The Hall–Kier alpha value is -3.56. The predicted octanol–water partition coefficient (Wildman–Crippen LogP) is 4.64. The Labute approximate surface area is 167 Å². The molecule has 158 valence electrons. The van der Waals surface area contributed by atoms with Gasteiger partial charge in [0, 0.05) is 34.5 Å². The van der Waals surface area contributed by atoms with E-state index in [1.165, 1.54) is 29.7 Å². The molecule has 2 aromatic carbocycles. The number of fused-ring (bicyclic) bond motifs is 1. The molecule has 1 N–H and O–H groups in total. The van der Waals surface area contributed by atoms with E-state index in [4.69, 9.17) is 9.84 Å². The van der Waals surface area contributed by atoms with E-state index in [-0.39, 0.29) is 22.5 Å². The molecule has 10 heteroatoms. The maximum Gasteiger partial charge on any atom is 0.573 e. The molecule has 0 aliphatic heterocycles. The number of alkyl halides is 3. The summed E-state index contributed by atoms with van der Waals surface area (Å²) in [5.74, 6) is -2.99. The molecule has 0 amide bonds. The number of ether oxygens (including phenoxy) is 2. The molecule has 3 aromatic rings. The van der Waals surface area contributed by atoms with Gasteiger partial charge in [-0.1, -0.05) is 0 Å². The third-order valence-corrected chi connectivity index (χ3v) is 4.40. The van der Waals surface area contributed by atoms with Crippen molar-refractivity contribution in [3.05, 3.63) is 53.5 Å². The molecule has 0 saturated heterocycles. The van der Waals surface area contributed by atoms with Gasteiger partial charge in [0.1, 0.15) is 5.75 Å². The zero-order valence-corrected chi connectivity index (χ0v) is 15.7. The Morgan fingerprint density at radius 3 is 2.50 bits per heavy atom. The van der Waals surface area contributed by atoms with Crippen molar-refractivity contribution in [3.63, 3.8) is 0 Å². The molecule has 1 atom stereocenters. The Kier molecular flexibility index (Phi) is 5.43. The first-order valence-corrected chi connectivity index (χ1v) is 8.57. The quantitative estimate of drug-likeness (QED) is 0.460. The van der Waals surface area contributed by atoms with Gasteiger partial charge in [-0.3, -0.25) is 4.79 Å². The molecule has 1 heterocycles. The van der Waals surface area contributed by atoms with Gasteiger partial charge in [0.15, 0.2) is 24.0 Å². The topological polar surface area (TPSA) is 77.8 Å². The van der Waals surface area contributed by atoms with Gasteiger partial charge in [-0.15, -0.1) is 13.2 Å². The van der Waals surface area contributed by atoms with E-state index in [1.54, 1.807) is 6.92 Å². The first-order chi connectivity index (χ1) is 14.0. The normalized spacial score (nSPS) is 12.6. The van der Waals surface area contributed by atoms with Gasteiger partial charge in [-0.25, -0.2) is 9.18 Å². The summed E-state index contributed by atoms with van der Waals surface area (Å²) in [6.07, 6.45) is -5.68. The van der Waals surface area contributed by atoms with E-state index >= 15 is 0 Å². The number of carboxylic acid groups (broad SMARTS) is 1. The molecule has 30 heavy (non-hydrogen) atoms. The van der Waals surface area contributed by atoms with Gasteiger partial charge >= 0.3 is 12.3 Å². The maximum atomic E-state index is 14.1. The number of carbonyl (C=O) groups is 2. The molecule has 0 fully saturated rings. The van der Waals surface area contributed by atoms with Crippen molar-refractivity contribution in [2.45, 2.75) is 26.3 Å². The second kappa shape index (κ2) is 7.69. The zero-order valence-electron chi connectivity index (χ0n) is 15.7. The fraction of sp³-hybridized carbons (Fsp3) is 0.200. The molecule has 0 bridgehead atoms. The highest BCUT2D eigenvalue weighted by molar-refractivity contribution is 6.00. The maximum absolute atomic E-state index is 14.1. The minimum Gasteiger partial charge on any atom is -0.479 e. The molecule has 0 radical (unpaired) electrons. The Morgan fingerprint density at radius 2 is 1.90 bits per heavy atom. The summed E-state index contributed by atoms with van der Waals surface area (Å²) in [6.45, 7) is 2.79. The van der Waals surface area contributed by atoms with Crippen LogP contribution in [0.3, 0.4) is 0 Å². The summed E-state index contributed by atoms with van der Waals surface area (Å²) in [5, 5.41) is 9.33. The summed E-state index contributed by atoms with van der Waals surface area (Å²) in [6, 6.07) is 7.06. The summed E-state index contributed by atoms with van der Waals surface area (Å²) >= 11 is 0. The molecule has 1 aromatic heterocycles. The van der Waals surface area contributed by atoms with Crippen molar-refractivity contribution in [1.82, 2.24) is 4.57 Å². The Bertz CT molecular complexity index is 1140. The molecule has 0 unspecified atom stereocenters. The number of halogens is 4. The molecular formula is C20H15F4NO5. The smallest absolute Gasteiger partial charge is 0.479 e. The number of aromatic nitrogens is 1. The first-order valence-electron chi connectivity index (χ1n) is 8.57. The number of rotatable bonds is 6. The highest BCUT2D eigenvalue weighted by Gasteiger charge is 2.31. The second-order valence-corrected chi connectivity index (χ2v) is 6.39. The van der Waals surface area contributed by atoms with Gasteiger partial charge in [0.25, 0.3) is 0 Å². The van der Waals surface area contributed by atoms with Gasteiger partial charge in [0.05, 0.1) is 5.52 Å². The summed E-state index contributed by atoms with van der Waals surface area (Å²) in [7, 11) is 0. The number of nitrogens with zero attached hydrogens (tertiary/aromatic N) is 1. The van der Waals surface area contributed by atoms with Crippen LogP contribution in [0.25, 0.3) is 16.6 Å². The van der Waals surface area contributed by atoms with Gasteiger partial charge in [-0.05, 0) is 38.1 Å². The standard InChI is InChI=1S/C20H15F4NO5/c1-10-15(9-26)14-5-4-13(30-20(22,23)24)8-17(14)25(10)12-3-6-16(21)18(7-12)29-11(2)19(27)28/h3-9,11H,1-2H3,(H,27,28)/t11-/m0/s1. The van der Waals surface area contributed by atoms with Crippen molar-refractivity contribution >= 4 is 23.2 Å². The van der Waals surface area contributed by atoms with Crippen LogP contribution in [-0.2, 0) is 4.79 Å².